The number of hydrogen-bond donors (Lipinski definition) is 1. The average molecular weight is 341 g/mol. The van der Waals surface area contributed by atoms with Crippen LogP contribution in [0.5, 0.6) is 5.75 Å². The van der Waals surface area contributed by atoms with Crippen molar-refractivity contribution in [2.45, 2.75) is 13.5 Å². The summed E-state index contributed by atoms with van der Waals surface area (Å²) >= 11 is 6.02. The van der Waals surface area contributed by atoms with Gasteiger partial charge < -0.3 is 10.1 Å². The predicted octanol–water partition coefficient (Wildman–Crippen LogP) is 4.14. The van der Waals surface area contributed by atoms with Crippen molar-refractivity contribution in [3.63, 3.8) is 0 Å². The van der Waals surface area contributed by atoms with Crippen LogP contribution in [0.3, 0.4) is 0 Å². The summed E-state index contributed by atoms with van der Waals surface area (Å²) in [6.45, 7) is 2.16. The van der Waals surface area contributed by atoms with E-state index in [4.69, 9.17) is 16.3 Å². The molecule has 24 heavy (non-hydrogen) atoms. The fourth-order valence-electron chi connectivity index (χ4n) is 2.60. The second-order valence-electron chi connectivity index (χ2n) is 5.45. The Labute approximate surface area is 145 Å². The molecular formula is C19H17ClN2O2. The van der Waals surface area contributed by atoms with Crippen molar-refractivity contribution >= 4 is 28.4 Å². The molecule has 0 spiro atoms. The molecule has 1 amide bonds. The smallest absolute Gasteiger partial charge is 0.253 e. The molecule has 0 aliphatic carbocycles. The fourth-order valence-corrected chi connectivity index (χ4v) is 2.79. The molecule has 0 aliphatic heterocycles. The molecule has 0 radical (unpaired) electrons. The number of nitrogens with zero attached hydrogens (tertiary/aromatic N) is 1. The lowest BCUT2D eigenvalue weighted by atomic mass is 10.1. The molecule has 0 bridgehead atoms. The lowest BCUT2D eigenvalue weighted by Crippen LogP contribution is -2.24. The van der Waals surface area contributed by atoms with Crippen molar-refractivity contribution in [1.82, 2.24) is 10.3 Å². The number of fused-ring (bicyclic) bond motifs is 1. The molecule has 0 aliphatic rings. The van der Waals surface area contributed by atoms with Crippen molar-refractivity contribution in [3.8, 4) is 5.75 Å². The summed E-state index contributed by atoms with van der Waals surface area (Å²) in [5, 5.41) is 4.44. The van der Waals surface area contributed by atoms with Gasteiger partial charge in [0.05, 0.1) is 23.9 Å². The summed E-state index contributed by atoms with van der Waals surface area (Å²) in [6, 6.07) is 14.9. The Kier molecular flexibility index (Phi) is 4.67. The second-order valence-corrected chi connectivity index (χ2v) is 5.89. The third-order valence-electron chi connectivity index (χ3n) is 3.84. The van der Waals surface area contributed by atoms with Crippen LogP contribution >= 0.6 is 11.6 Å². The maximum atomic E-state index is 12.5. The minimum atomic E-state index is -0.173. The van der Waals surface area contributed by atoms with Gasteiger partial charge in [-0.15, -0.1) is 0 Å². The maximum Gasteiger partial charge on any atom is 0.253 e. The largest absolute Gasteiger partial charge is 0.496 e. The molecule has 1 aromatic heterocycles. The van der Waals surface area contributed by atoms with Crippen LogP contribution < -0.4 is 10.1 Å². The fraction of sp³-hybridized carbons (Fsp3) is 0.158. The topological polar surface area (TPSA) is 51.2 Å². The van der Waals surface area contributed by atoms with Crippen molar-refractivity contribution in [3.05, 3.63) is 70.4 Å². The minimum Gasteiger partial charge on any atom is -0.496 e. The number of hydrogen-bond acceptors (Lipinski definition) is 3. The van der Waals surface area contributed by atoms with E-state index in [2.05, 4.69) is 10.3 Å². The van der Waals surface area contributed by atoms with Gasteiger partial charge in [0.1, 0.15) is 5.75 Å². The number of nitrogens with one attached hydrogen (secondary N) is 1. The molecule has 5 heteroatoms. The van der Waals surface area contributed by atoms with Gasteiger partial charge in [-0.3, -0.25) is 9.78 Å². The lowest BCUT2D eigenvalue weighted by Gasteiger charge is -2.11. The average Bonchev–Trinajstić information content (AvgIpc) is 2.59. The number of pyridine rings is 1. The van der Waals surface area contributed by atoms with Gasteiger partial charge >= 0.3 is 0 Å². The number of carbonyl (C=O) groups excluding carboxylic acids is 1. The van der Waals surface area contributed by atoms with Crippen LogP contribution in [0.4, 0.5) is 0 Å². The monoisotopic (exact) mass is 340 g/mol. The summed E-state index contributed by atoms with van der Waals surface area (Å²) in [6.07, 6.45) is 0. The molecule has 2 aromatic carbocycles. The van der Waals surface area contributed by atoms with Gasteiger partial charge in [-0.05, 0) is 37.3 Å². The third kappa shape index (κ3) is 3.34. The Hall–Kier alpha value is -2.59. The standard InChI is InChI=1S/C19H17ClN2O2/c1-12-16(10-13-5-3-4-6-17(13)22-12)19(23)21-11-14-9-15(20)7-8-18(14)24-2/h3-10H,11H2,1-2H3,(H,21,23). The Balaban J connectivity index is 1.83. The first-order valence-electron chi connectivity index (χ1n) is 7.55. The molecule has 0 unspecified atom stereocenters. The van der Waals surface area contributed by atoms with E-state index in [0.29, 0.717) is 28.6 Å². The van der Waals surface area contributed by atoms with E-state index in [9.17, 15) is 4.79 Å². The van der Waals surface area contributed by atoms with Crippen LogP contribution in [0.2, 0.25) is 5.02 Å². The van der Waals surface area contributed by atoms with Gasteiger partial charge in [-0.1, -0.05) is 29.8 Å². The van der Waals surface area contributed by atoms with Crippen molar-refractivity contribution in [2.24, 2.45) is 0 Å². The molecule has 4 nitrogen and oxygen atoms in total. The van der Waals surface area contributed by atoms with E-state index >= 15 is 0 Å². The van der Waals surface area contributed by atoms with Crippen molar-refractivity contribution < 1.29 is 9.53 Å². The Morgan fingerprint density at radius 1 is 1.21 bits per heavy atom. The normalized spacial score (nSPS) is 10.6. The summed E-state index contributed by atoms with van der Waals surface area (Å²) in [4.78, 5) is 17.0. The third-order valence-corrected chi connectivity index (χ3v) is 4.08. The molecule has 0 saturated carbocycles. The van der Waals surface area contributed by atoms with Gasteiger partial charge in [0.15, 0.2) is 0 Å². The van der Waals surface area contributed by atoms with E-state index in [1.807, 2.05) is 37.3 Å². The van der Waals surface area contributed by atoms with Crippen LogP contribution in [0.15, 0.2) is 48.5 Å². The second kappa shape index (κ2) is 6.89. The molecule has 3 aromatic rings. The van der Waals surface area contributed by atoms with Crippen LogP contribution in [0.25, 0.3) is 10.9 Å². The molecule has 1 N–H and O–H groups in total. The van der Waals surface area contributed by atoms with Crippen LogP contribution in [0, 0.1) is 6.92 Å². The highest BCUT2D eigenvalue weighted by Gasteiger charge is 2.12. The van der Waals surface area contributed by atoms with E-state index in [0.717, 1.165) is 16.5 Å². The number of carbonyl (C=O) groups is 1. The number of methoxy groups -OCH3 is 1. The van der Waals surface area contributed by atoms with Gasteiger partial charge in [-0.25, -0.2) is 0 Å². The van der Waals surface area contributed by atoms with Crippen LogP contribution in [0.1, 0.15) is 21.6 Å². The number of ether oxygens (including phenoxy) is 1. The zero-order valence-corrected chi connectivity index (χ0v) is 14.2. The molecule has 0 saturated heterocycles. The number of halogens is 1. The zero-order valence-electron chi connectivity index (χ0n) is 13.5. The van der Waals surface area contributed by atoms with E-state index < -0.39 is 0 Å². The number of rotatable bonds is 4. The summed E-state index contributed by atoms with van der Waals surface area (Å²) < 4.78 is 5.30. The Morgan fingerprint density at radius 3 is 2.79 bits per heavy atom. The summed E-state index contributed by atoms with van der Waals surface area (Å²) in [5.74, 6) is 0.515. The first kappa shape index (κ1) is 16.3. The van der Waals surface area contributed by atoms with Gasteiger partial charge in [-0.2, -0.15) is 0 Å². The minimum absolute atomic E-state index is 0.173. The molecule has 122 valence electrons. The van der Waals surface area contributed by atoms with Gasteiger partial charge in [0.2, 0.25) is 0 Å². The molecule has 3 rings (SSSR count). The molecule has 0 fully saturated rings. The van der Waals surface area contributed by atoms with E-state index in [-0.39, 0.29) is 5.91 Å². The van der Waals surface area contributed by atoms with Crippen LogP contribution in [-0.4, -0.2) is 18.0 Å². The highest BCUT2D eigenvalue weighted by molar-refractivity contribution is 6.30. The first-order chi connectivity index (χ1) is 11.6. The molecular weight excluding hydrogens is 324 g/mol. The summed E-state index contributed by atoms with van der Waals surface area (Å²) in [7, 11) is 1.59. The predicted molar refractivity (Wildman–Crippen MR) is 95.7 cm³/mol. The zero-order chi connectivity index (χ0) is 17.1. The SMILES string of the molecule is COc1ccc(Cl)cc1CNC(=O)c1cc2ccccc2nc1C. The Bertz CT molecular complexity index is 909. The van der Waals surface area contributed by atoms with Crippen LogP contribution in [-0.2, 0) is 6.54 Å². The highest BCUT2D eigenvalue weighted by Crippen LogP contribution is 2.23. The number of amides is 1. The quantitative estimate of drug-likeness (QED) is 0.776. The number of para-hydroxylation sites is 1. The number of benzene rings is 2. The van der Waals surface area contributed by atoms with Crippen molar-refractivity contribution in [2.75, 3.05) is 7.11 Å². The lowest BCUT2D eigenvalue weighted by molar-refractivity contribution is 0.0950. The van der Waals surface area contributed by atoms with Crippen molar-refractivity contribution in [1.29, 1.82) is 0 Å². The molecule has 1 heterocycles. The summed E-state index contributed by atoms with van der Waals surface area (Å²) in [5.41, 5.74) is 2.96. The van der Waals surface area contributed by atoms with E-state index in [1.165, 1.54) is 0 Å². The van der Waals surface area contributed by atoms with Gasteiger partial charge in [0, 0.05) is 22.5 Å². The maximum absolute atomic E-state index is 12.5. The first-order valence-corrected chi connectivity index (χ1v) is 7.93. The number of aromatic nitrogens is 1. The van der Waals surface area contributed by atoms with E-state index in [1.54, 1.807) is 25.3 Å². The van der Waals surface area contributed by atoms with Gasteiger partial charge in [0.25, 0.3) is 5.91 Å². The highest BCUT2D eigenvalue weighted by atomic mass is 35.5. The molecule has 0 atom stereocenters. The number of aryl methyl sites for hydroxylation is 1. The Morgan fingerprint density at radius 2 is 2.00 bits per heavy atom.